The van der Waals surface area contributed by atoms with E-state index in [1.165, 1.54) is 32.4 Å². The number of hydrogen-bond acceptors (Lipinski definition) is 7. The molecule has 0 spiro atoms. The van der Waals surface area contributed by atoms with Gasteiger partial charge in [-0.3, -0.25) is 25.0 Å². The van der Waals surface area contributed by atoms with Crippen LogP contribution in [0.1, 0.15) is 21.6 Å². The Morgan fingerprint density at radius 3 is 2.24 bits per heavy atom. The van der Waals surface area contributed by atoms with Gasteiger partial charge < -0.3 is 14.0 Å². The molecule has 0 aliphatic carbocycles. The number of methoxy groups -OCH3 is 2. The summed E-state index contributed by atoms with van der Waals surface area (Å²) in [6.07, 6.45) is 0.484. The predicted octanol–water partition coefficient (Wildman–Crippen LogP) is 5.44. The van der Waals surface area contributed by atoms with E-state index in [0.29, 0.717) is 35.6 Å². The number of rotatable bonds is 7. The van der Waals surface area contributed by atoms with E-state index in [2.05, 4.69) is 0 Å². The zero-order valence-electron chi connectivity index (χ0n) is 20.0. The van der Waals surface area contributed by atoms with Gasteiger partial charge >= 0.3 is 5.69 Å². The number of aromatic nitrogens is 1. The van der Waals surface area contributed by atoms with E-state index in [-0.39, 0.29) is 33.9 Å². The molecule has 2 heterocycles. The first-order valence-electron chi connectivity index (χ1n) is 11.4. The van der Waals surface area contributed by atoms with Gasteiger partial charge in [0.2, 0.25) is 5.78 Å². The van der Waals surface area contributed by atoms with Crippen LogP contribution in [0.4, 0.5) is 11.4 Å². The summed E-state index contributed by atoms with van der Waals surface area (Å²) in [4.78, 5) is 36.9. The molecule has 186 valence electrons. The van der Waals surface area contributed by atoms with Crippen molar-refractivity contribution >= 4 is 17.2 Å². The number of nitro groups is 2. The molecule has 1 aromatic heterocycles. The fourth-order valence-corrected chi connectivity index (χ4v) is 4.87. The van der Waals surface area contributed by atoms with Crippen molar-refractivity contribution in [3.63, 3.8) is 0 Å². The molecular weight excluding hydrogens is 478 g/mol. The average Bonchev–Trinajstić information content (AvgIpc) is 3.28. The van der Waals surface area contributed by atoms with Crippen LogP contribution < -0.4 is 9.47 Å². The highest BCUT2D eigenvalue weighted by Gasteiger charge is 2.39. The van der Waals surface area contributed by atoms with E-state index >= 15 is 0 Å². The van der Waals surface area contributed by atoms with Crippen LogP contribution in [0.2, 0.25) is 0 Å². The maximum atomic E-state index is 13.9. The van der Waals surface area contributed by atoms with Gasteiger partial charge in [0.15, 0.2) is 11.5 Å². The first-order valence-corrected chi connectivity index (χ1v) is 11.4. The van der Waals surface area contributed by atoms with Crippen LogP contribution in [-0.2, 0) is 13.0 Å². The van der Waals surface area contributed by atoms with Crippen molar-refractivity contribution < 1.29 is 24.1 Å². The number of fused-ring (bicyclic) bond motifs is 3. The summed E-state index contributed by atoms with van der Waals surface area (Å²) >= 11 is 0. The van der Waals surface area contributed by atoms with Gasteiger partial charge in [0.25, 0.3) is 5.69 Å². The quantitative estimate of drug-likeness (QED) is 0.188. The van der Waals surface area contributed by atoms with Crippen molar-refractivity contribution in [2.45, 2.75) is 13.0 Å². The summed E-state index contributed by atoms with van der Waals surface area (Å²) in [6.45, 7) is 0.293. The molecule has 0 bridgehead atoms. The molecule has 10 heteroatoms. The van der Waals surface area contributed by atoms with Gasteiger partial charge in [-0.2, -0.15) is 0 Å². The van der Waals surface area contributed by atoms with Crippen LogP contribution in [0.3, 0.4) is 0 Å². The number of aryl methyl sites for hydroxylation is 1. The third-order valence-electron chi connectivity index (χ3n) is 6.49. The van der Waals surface area contributed by atoms with Crippen molar-refractivity contribution in [2.24, 2.45) is 0 Å². The van der Waals surface area contributed by atoms with Crippen LogP contribution in [-0.4, -0.2) is 34.4 Å². The fraction of sp³-hybridized carbons (Fsp3) is 0.148. The van der Waals surface area contributed by atoms with Gasteiger partial charge in [0.1, 0.15) is 11.4 Å². The maximum absolute atomic E-state index is 13.9. The SMILES string of the molecule is COc1cc2c(cc1OC)-c1c([N+](=O)[O-])c(-c3cccc([N+](=O)[O-])c3)c(C(=O)c3ccccc3)n1CC2. The largest absolute Gasteiger partial charge is 0.493 e. The van der Waals surface area contributed by atoms with Crippen molar-refractivity contribution in [3.05, 3.63) is 104 Å². The number of nitro benzene ring substituents is 1. The van der Waals surface area contributed by atoms with Crippen LogP contribution in [0.5, 0.6) is 11.5 Å². The summed E-state index contributed by atoms with van der Waals surface area (Å²) in [6, 6.07) is 17.5. The third kappa shape index (κ3) is 3.88. The topological polar surface area (TPSA) is 127 Å². The number of nitrogens with zero attached hydrogens (tertiary/aromatic N) is 3. The smallest absolute Gasteiger partial charge is 0.303 e. The van der Waals surface area contributed by atoms with Gasteiger partial charge in [-0.1, -0.05) is 42.5 Å². The van der Waals surface area contributed by atoms with Gasteiger partial charge in [-0.05, 0) is 29.7 Å². The Bertz CT molecular complexity index is 1570. The van der Waals surface area contributed by atoms with Gasteiger partial charge in [0.05, 0.1) is 29.6 Å². The zero-order chi connectivity index (χ0) is 26.3. The molecule has 3 aromatic carbocycles. The second-order valence-electron chi connectivity index (χ2n) is 8.45. The highest BCUT2D eigenvalue weighted by Crippen LogP contribution is 2.49. The van der Waals surface area contributed by atoms with Crippen LogP contribution in [0.25, 0.3) is 22.4 Å². The monoisotopic (exact) mass is 499 g/mol. The third-order valence-corrected chi connectivity index (χ3v) is 6.49. The number of carbonyl (C=O) groups excluding carboxylic acids is 1. The lowest BCUT2D eigenvalue weighted by Crippen LogP contribution is -2.17. The van der Waals surface area contributed by atoms with E-state index in [1.807, 2.05) is 0 Å². The normalized spacial score (nSPS) is 11.8. The second-order valence-corrected chi connectivity index (χ2v) is 8.45. The molecule has 1 aliphatic rings. The molecule has 0 saturated carbocycles. The average molecular weight is 499 g/mol. The molecule has 0 atom stereocenters. The second kappa shape index (κ2) is 9.23. The minimum atomic E-state index is -0.573. The predicted molar refractivity (Wildman–Crippen MR) is 135 cm³/mol. The molecular formula is C27H21N3O7. The minimum absolute atomic E-state index is 0.0418. The molecule has 0 radical (unpaired) electrons. The summed E-state index contributed by atoms with van der Waals surface area (Å²) < 4.78 is 12.5. The number of ketones is 1. The molecule has 0 fully saturated rings. The lowest BCUT2D eigenvalue weighted by Gasteiger charge is -2.22. The van der Waals surface area contributed by atoms with E-state index in [0.717, 1.165) is 5.56 Å². The Kier molecular flexibility index (Phi) is 5.92. The Balaban J connectivity index is 1.89. The first kappa shape index (κ1) is 23.7. The number of carbonyl (C=O) groups is 1. The van der Waals surface area contributed by atoms with Crippen molar-refractivity contribution in [3.8, 4) is 33.9 Å². The van der Waals surface area contributed by atoms with Gasteiger partial charge in [0, 0.05) is 29.8 Å². The Morgan fingerprint density at radius 1 is 0.892 bits per heavy atom. The van der Waals surface area contributed by atoms with Crippen LogP contribution >= 0.6 is 0 Å². The maximum Gasteiger partial charge on any atom is 0.303 e. The molecule has 5 rings (SSSR count). The summed E-state index contributed by atoms with van der Waals surface area (Å²) in [5.74, 6) is 0.460. The highest BCUT2D eigenvalue weighted by molar-refractivity contribution is 6.15. The number of ether oxygens (including phenoxy) is 2. The Labute approximate surface area is 211 Å². The minimum Gasteiger partial charge on any atom is -0.493 e. The van der Waals surface area contributed by atoms with Crippen molar-refractivity contribution in [1.82, 2.24) is 4.57 Å². The molecule has 1 aliphatic heterocycles. The van der Waals surface area contributed by atoms with Gasteiger partial charge in [-0.25, -0.2) is 0 Å². The highest BCUT2D eigenvalue weighted by atomic mass is 16.6. The Hall–Kier alpha value is -4.99. The molecule has 0 amide bonds. The molecule has 0 unspecified atom stereocenters. The van der Waals surface area contributed by atoms with Crippen molar-refractivity contribution in [2.75, 3.05) is 14.2 Å². The standard InChI is InChI=1S/C27H21N3O7/c1-36-21-14-17-11-12-28-24(20(17)15-22(21)37-2)25(30(34)35)23(18-9-6-10-19(13-18)29(32)33)26(28)27(31)16-7-4-3-5-8-16/h3-10,13-15H,11-12H2,1-2H3. The fourth-order valence-electron chi connectivity index (χ4n) is 4.87. The number of hydrogen-bond donors (Lipinski definition) is 0. The lowest BCUT2D eigenvalue weighted by molar-refractivity contribution is -0.384. The van der Waals surface area contributed by atoms with Crippen molar-refractivity contribution in [1.29, 1.82) is 0 Å². The van der Waals surface area contributed by atoms with Crippen LogP contribution in [0, 0.1) is 20.2 Å². The first-order chi connectivity index (χ1) is 17.8. The molecule has 4 aromatic rings. The summed E-state index contributed by atoms with van der Waals surface area (Å²) in [7, 11) is 2.98. The van der Waals surface area contributed by atoms with Gasteiger partial charge in [-0.15, -0.1) is 0 Å². The zero-order valence-corrected chi connectivity index (χ0v) is 20.0. The van der Waals surface area contributed by atoms with E-state index in [1.54, 1.807) is 53.1 Å². The molecule has 37 heavy (non-hydrogen) atoms. The molecule has 0 saturated heterocycles. The summed E-state index contributed by atoms with van der Waals surface area (Å²) in [5.41, 5.74) is 1.76. The summed E-state index contributed by atoms with van der Waals surface area (Å²) in [5, 5.41) is 24.1. The number of non-ortho nitro benzene ring substituents is 1. The van der Waals surface area contributed by atoms with E-state index < -0.39 is 15.6 Å². The molecule has 0 N–H and O–H groups in total. The molecule has 10 nitrogen and oxygen atoms in total. The Morgan fingerprint density at radius 2 is 1.59 bits per heavy atom. The van der Waals surface area contributed by atoms with E-state index in [9.17, 15) is 25.0 Å². The number of benzene rings is 3. The van der Waals surface area contributed by atoms with Crippen LogP contribution in [0.15, 0.2) is 66.7 Å². The lowest BCUT2D eigenvalue weighted by atomic mass is 9.95. The van der Waals surface area contributed by atoms with E-state index in [4.69, 9.17) is 9.47 Å².